The van der Waals surface area contributed by atoms with Crippen LogP contribution < -0.4 is 11.3 Å². The Morgan fingerprint density at radius 1 is 1.38 bits per heavy atom. The van der Waals surface area contributed by atoms with Gasteiger partial charge in [0.15, 0.2) is 0 Å². The average Bonchev–Trinajstić information content (AvgIpc) is 2.78. The van der Waals surface area contributed by atoms with Gasteiger partial charge in [-0.3, -0.25) is 16.0 Å². The van der Waals surface area contributed by atoms with E-state index in [-0.39, 0.29) is 6.04 Å². The first-order valence-corrected chi connectivity index (χ1v) is 6.30. The van der Waals surface area contributed by atoms with Crippen molar-refractivity contribution in [1.29, 1.82) is 0 Å². The van der Waals surface area contributed by atoms with Crippen LogP contribution in [0.15, 0.2) is 12.4 Å². The summed E-state index contributed by atoms with van der Waals surface area (Å²) < 4.78 is 1.94. The predicted octanol–water partition coefficient (Wildman–Crippen LogP) is 2.38. The Bertz CT molecular complexity index is 282. The summed E-state index contributed by atoms with van der Waals surface area (Å²) in [5, 5.41) is 4.27. The minimum Gasteiger partial charge on any atom is -0.273 e. The second-order valence-corrected chi connectivity index (χ2v) is 4.20. The van der Waals surface area contributed by atoms with Crippen molar-refractivity contribution in [2.24, 2.45) is 5.84 Å². The molecule has 92 valence electrons. The summed E-state index contributed by atoms with van der Waals surface area (Å²) in [6.07, 6.45) is 10.2. The Kier molecular flexibility index (Phi) is 6.11. The van der Waals surface area contributed by atoms with E-state index in [0.29, 0.717) is 0 Å². The molecule has 0 aliphatic carbocycles. The van der Waals surface area contributed by atoms with Gasteiger partial charge in [0.2, 0.25) is 0 Å². The molecule has 0 aliphatic heterocycles. The lowest BCUT2D eigenvalue weighted by Crippen LogP contribution is -2.27. The molecule has 3 N–H and O–H groups in total. The summed E-state index contributed by atoms with van der Waals surface area (Å²) in [7, 11) is 0. The van der Waals surface area contributed by atoms with E-state index < -0.39 is 0 Å². The van der Waals surface area contributed by atoms with Gasteiger partial charge in [0.1, 0.15) is 0 Å². The number of nitrogens with two attached hydrogens (primary N) is 1. The number of rotatable bonds is 8. The first-order valence-electron chi connectivity index (χ1n) is 6.30. The highest BCUT2D eigenvalue weighted by Crippen LogP contribution is 2.18. The molecule has 0 bridgehead atoms. The van der Waals surface area contributed by atoms with Gasteiger partial charge in [-0.05, 0) is 13.3 Å². The fourth-order valence-corrected chi connectivity index (χ4v) is 1.85. The molecule has 0 radical (unpaired) electrons. The monoisotopic (exact) mass is 224 g/mol. The van der Waals surface area contributed by atoms with Crippen molar-refractivity contribution in [3.8, 4) is 0 Å². The lowest BCUT2D eigenvalue weighted by atomic mass is 10.0. The average molecular weight is 224 g/mol. The highest BCUT2D eigenvalue weighted by Gasteiger charge is 2.10. The van der Waals surface area contributed by atoms with Crippen LogP contribution in [0.1, 0.15) is 57.6 Å². The Morgan fingerprint density at radius 2 is 2.19 bits per heavy atom. The number of aryl methyl sites for hydroxylation is 1. The molecule has 4 heteroatoms. The van der Waals surface area contributed by atoms with Crippen LogP contribution in [0.3, 0.4) is 0 Å². The van der Waals surface area contributed by atoms with Crippen LogP contribution in [0.5, 0.6) is 0 Å². The van der Waals surface area contributed by atoms with Crippen LogP contribution in [0, 0.1) is 0 Å². The number of hydrogen-bond acceptors (Lipinski definition) is 3. The third-order valence-electron chi connectivity index (χ3n) is 2.93. The number of nitrogens with zero attached hydrogens (tertiary/aromatic N) is 2. The number of hydrogen-bond donors (Lipinski definition) is 2. The second kappa shape index (κ2) is 7.41. The zero-order chi connectivity index (χ0) is 11.8. The quantitative estimate of drug-likeness (QED) is 0.405. The normalized spacial score (nSPS) is 12.9. The van der Waals surface area contributed by atoms with E-state index >= 15 is 0 Å². The van der Waals surface area contributed by atoms with Gasteiger partial charge in [-0.2, -0.15) is 5.10 Å². The molecule has 0 saturated heterocycles. The topological polar surface area (TPSA) is 55.9 Å². The lowest BCUT2D eigenvalue weighted by Gasteiger charge is -2.13. The maximum Gasteiger partial charge on any atom is 0.0538 e. The second-order valence-electron chi connectivity index (χ2n) is 4.20. The molecule has 16 heavy (non-hydrogen) atoms. The Balaban J connectivity index is 2.40. The molecule has 1 heterocycles. The van der Waals surface area contributed by atoms with Gasteiger partial charge in [0, 0.05) is 24.3 Å². The van der Waals surface area contributed by atoms with E-state index in [9.17, 15) is 0 Å². The third kappa shape index (κ3) is 3.94. The van der Waals surface area contributed by atoms with Crippen molar-refractivity contribution in [3.05, 3.63) is 18.0 Å². The number of unbranched alkanes of at least 4 members (excludes halogenated alkanes) is 3. The van der Waals surface area contributed by atoms with Crippen LogP contribution in [-0.4, -0.2) is 9.78 Å². The number of hydrazine groups is 1. The molecule has 0 spiro atoms. The summed E-state index contributed by atoms with van der Waals surface area (Å²) in [6, 6.07) is 0.247. The Morgan fingerprint density at radius 3 is 2.75 bits per heavy atom. The van der Waals surface area contributed by atoms with Crippen molar-refractivity contribution in [3.63, 3.8) is 0 Å². The molecule has 4 nitrogen and oxygen atoms in total. The fraction of sp³-hybridized carbons (Fsp3) is 0.750. The van der Waals surface area contributed by atoms with Gasteiger partial charge < -0.3 is 0 Å². The van der Waals surface area contributed by atoms with Crippen molar-refractivity contribution >= 4 is 0 Å². The zero-order valence-electron chi connectivity index (χ0n) is 10.4. The summed E-state index contributed by atoms with van der Waals surface area (Å²) in [6.45, 7) is 5.22. The summed E-state index contributed by atoms with van der Waals surface area (Å²) >= 11 is 0. The molecular weight excluding hydrogens is 200 g/mol. The molecular formula is C12H24N4. The van der Waals surface area contributed by atoms with Crippen LogP contribution in [0.25, 0.3) is 0 Å². The summed E-state index contributed by atoms with van der Waals surface area (Å²) in [5.41, 5.74) is 4.07. The zero-order valence-corrected chi connectivity index (χ0v) is 10.4. The SMILES string of the molecule is CCCCCCC(NN)c1cnn(CC)c1. The molecule has 1 unspecified atom stereocenters. The molecule has 0 aromatic carbocycles. The van der Waals surface area contributed by atoms with Crippen molar-refractivity contribution in [2.75, 3.05) is 0 Å². The van der Waals surface area contributed by atoms with Gasteiger partial charge in [0.05, 0.1) is 6.20 Å². The largest absolute Gasteiger partial charge is 0.273 e. The van der Waals surface area contributed by atoms with E-state index in [1.807, 2.05) is 10.9 Å². The van der Waals surface area contributed by atoms with Gasteiger partial charge in [-0.15, -0.1) is 0 Å². The maximum atomic E-state index is 5.58. The molecule has 1 atom stereocenters. The minimum atomic E-state index is 0.247. The summed E-state index contributed by atoms with van der Waals surface area (Å²) in [5.74, 6) is 5.58. The lowest BCUT2D eigenvalue weighted by molar-refractivity contribution is 0.481. The highest BCUT2D eigenvalue weighted by molar-refractivity contribution is 5.09. The number of nitrogens with one attached hydrogen (secondary N) is 1. The van der Waals surface area contributed by atoms with Gasteiger partial charge in [-0.25, -0.2) is 0 Å². The first-order chi connectivity index (χ1) is 7.81. The van der Waals surface area contributed by atoms with Gasteiger partial charge >= 0.3 is 0 Å². The van der Waals surface area contributed by atoms with E-state index in [0.717, 1.165) is 13.0 Å². The first kappa shape index (κ1) is 13.2. The standard InChI is InChI=1S/C12H24N4/c1-3-5-6-7-8-12(15-13)11-9-14-16(4-2)10-11/h9-10,12,15H,3-8,13H2,1-2H3. The van der Waals surface area contributed by atoms with Gasteiger partial charge in [0.25, 0.3) is 0 Å². The minimum absolute atomic E-state index is 0.247. The van der Waals surface area contributed by atoms with Crippen LogP contribution >= 0.6 is 0 Å². The van der Waals surface area contributed by atoms with Crippen LogP contribution in [0.4, 0.5) is 0 Å². The van der Waals surface area contributed by atoms with Crippen molar-refractivity contribution < 1.29 is 0 Å². The molecule has 1 aromatic heterocycles. The maximum absolute atomic E-state index is 5.58. The third-order valence-corrected chi connectivity index (χ3v) is 2.93. The Labute approximate surface area is 98.2 Å². The van der Waals surface area contributed by atoms with E-state index in [2.05, 4.69) is 30.6 Å². The molecule has 0 aliphatic rings. The van der Waals surface area contributed by atoms with Crippen LogP contribution in [0.2, 0.25) is 0 Å². The van der Waals surface area contributed by atoms with E-state index in [4.69, 9.17) is 5.84 Å². The van der Waals surface area contributed by atoms with E-state index in [1.54, 1.807) is 0 Å². The fourth-order valence-electron chi connectivity index (χ4n) is 1.85. The molecule has 0 fully saturated rings. The molecule has 0 saturated carbocycles. The van der Waals surface area contributed by atoms with E-state index in [1.165, 1.54) is 31.2 Å². The number of aromatic nitrogens is 2. The molecule has 1 aromatic rings. The van der Waals surface area contributed by atoms with Crippen LogP contribution in [-0.2, 0) is 6.54 Å². The van der Waals surface area contributed by atoms with Crippen molar-refractivity contribution in [1.82, 2.24) is 15.2 Å². The Hall–Kier alpha value is -0.870. The highest BCUT2D eigenvalue weighted by atomic mass is 15.3. The van der Waals surface area contributed by atoms with Gasteiger partial charge in [-0.1, -0.05) is 32.6 Å². The molecule has 1 rings (SSSR count). The summed E-state index contributed by atoms with van der Waals surface area (Å²) in [4.78, 5) is 0. The molecule has 0 amide bonds. The predicted molar refractivity (Wildman–Crippen MR) is 66.7 cm³/mol. The van der Waals surface area contributed by atoms with Crippen molar-refractivity contribution in [2.45, 2.75) is 58.5 Å². The smallest absolute Gasteiger partial charge is 0.0538 e.